The Morgan fingerprint density at radius 2 is 2.21 bits per heavy atom. The molecule has 0 amide bonds. The number of hydrogen-bond acceptors (Lipinski definition) is 4. The zero-order valence-corrected chi connectivity index (χ0v) is 13.2. The average Bonchev–Trinajstić information content (AvgIpc) is 2.91. The SMILES string of the molecule is CN(Cc1cscn1)S(=O)(=O)N1CCC(CCl)CC1. The molecule has 108 valence electrons. The Balaban J connectivity index is 1.98. The second-order valence-electron chi connectivity index (χ2n) is 4.74. The van der Waals surface area contributed by atoms with Gasteiger partial charge in [0.2, 0.25) is 0 Å². The molecule has 2 rings (SSSR count). The zero-order chi connectivity index (χ0) is 13.9. The largest absolute Gasteiger partial charge is 0.282 e. The van der Waals surface area contributed by atoms with Gasteiger partial charge in [-0.25, -0.2) is 4.98 Å². The highest BCUT2D eigenvalue weighted by molar-refractivity contribution is 7.86. The molecule has 0 unspecified atom stereocenters. The molecule has 0 saturated carbocycles. The van der Waals surface area contributed by atoms with Crippen LogP contribution in [0.15, 0.2) is 10.9 Å². The molecule has 0 atom stereocenters. The molecule has 0 aliphatic carbocycles. The molecule has 1 saturated heterocycles. The standard InChI is InChI=1S/C11H18ClN3O2S2/c1-14(7-11-8-18-9-13-11)19(16,17)15-4-2-10(6-12)3-5-15/h8-10H,2-7H2,1H3. The minimum atomic E-state index is -3.38. The molecule has 1 aromatic heterocycles. The lowest BCUT2D eigenvalue weighted by Gasteiger charge is -2.32. The smallest absolute Gasteiger partial charge is 0.248 e. The van der Waals surface area contributed by atoms with Crippen molar-refractivity contribution in [3.05, 3.63) is 16.6 Å². The summed E-state index contributed by atoms with van der Waals surface area (Å²) < 4.78 is 27.7. The van der Waals surface area contributed by atoms with Gasteiger partial charge in [0.05, 0.1) is 17.7 Å². The van der Waals surface area contributed by atoms with Crippen LogP contribution < -0.4 is 0 Å². The number of halogens is 1. The van der Waals surface area contributed by atoms with E-state index in [2.05, 4.69) is 4.98 Å². The van der Waals surface area contributed by atoms with E-state index in [0.29, 0.717) is 31.4 Å². The highest BCUT2D eigenvalue weighted by Gasteiger charge is 2.30. The maximum absolute atomic E-state index is 12.4. The minimum Gasteiger partial charge on any atom is -0.248 e. The van der Waals surface area contributed by atoms with Crippen molar-refractivity contribution in [1.29, 1.82) is 0 Å². The van der Waals surface area contributed by atoms with Gasteiger partial charge < -0.3 is 0 Å². The van der Waals surface area contributed by atoms with Crippen molar-refractivity contribution in [3.63, 3.8) is 0 Å². The third-order valence-electron chi connectivity index (χ3n) is 3.38. The quantitative estimate of drug-likeness (QED) is 0.776. The van der Waals surface area contributed by atoms with Crippen LogP contribution in [0.25, 0.3) is 0 Å². The van der Waals surface area contributed by atoms with Crippen molar-refractivity contribution in [3.8, 4) is 0 Å². The second kappa shape index (κ2) is 6.49. The van der Waals surface area contributed by atoms with Crippen molar-refractivity contribution in [1.82, 2.24) is 13.6 Å². The maximum Gasteiger partial charge on any atom is 0.282 e. The summed E-state index contributed by atoms with van der Waals surface area (Å²) in [6.45, 7) is 1.43. The molecule has 0 bridgehead atoms. The van der Waals surface area contributed by atoms with Gasteiger partial charge in [-0.3, -0.25) is 0 Å². The fourth-order valence-corrected chi connectivity index (χ4v) is 4.34. The predicted molar refractivity (Wildman–Crippen MR) is 77.5 cm³/mol. The van der Waals surface area contributed by atoms with Crippen molar-refractivity contribution in [2.75, 3.05) is 26.0 Å². The molecule has 1 aliphatic heterocycles. The van der Waals surface area contributed by atoms with E-state index in [4.69, 9.17) is 11.6 Å². The van der Waals surface area contributed by atoms with Crippen molar-refractivity contribution in [2.45, 2.75) is 19.4 Å². The normalized spacial score (nSPS) is 19.1. The average molecular weight is 324 g/mol. The van der Waals surface area contributed by atoms with Crippen LogP contribution in [0.3, 0.4) is 0 Å². The molecule has 5 nitrogen and oxygen atoms in total. The van der Waals surface area contributed by atoms with Gasteiger partial charge in [-0.2, -0.15) is 17.0 Å². The van der Waals surface area contributed by atoms with Crippen LogP contribution in [0.4, 0.5) is 0 Å². The summed E-state index contributed by atoms with van der Waals surface area (Å²) in [7, 11) is -1.78. The number of hydrogen-bond donors (Lipinski definition) is 0. The molecule has 0 spiro atoms. The van der Waals surface area contributed by atoms with E-state index in [1.54, 1.807) is 16.9 Å². The highest BCUT2D eigenvalue weighted by atomic mass is 35.5. The first-order chi connectivity index (χ1) is 9.04. The summed E-state index contributed by atoms with van der Waals surface area (Å²) in [6, 6.07) is 0. The van der Waals surface area contributed by atoms with Crippen molar-refractivity contribution < 1.29 is 8.42 Å². The van der Waals surface area contributed by atoms with Crippen molar-refractivity contribution >= 4 is 33.1 Å². The number of thiazole rings is 1. The van der Waals surface area contributed by atoms with E-state index in [-0.39, 0.29) is 0 Å². The van der Waals surface area contributed by atoms with Crippen LogP contribution >= 0.6 is 22.9 Å². The first-order valence-corrected chi connectivity index (χ1v) is 9.06. The molecule has 1 fully saturated rings. The Morgan fingerprint density at radius 3 is 2.74 bits per heavy atom. The number of nitrogens with zero attached hydrogens (tertiary/aromatic N) is 3. The van der Waals surface area contributed by atoms with Crippen LogP contribution in [0.5, 0.6) is 0 Å². The predicted octanol–water partition coefficient (Wildman–Crippen LogP) is 1.77. The summed E-state index contributed by atoms with van der Waals surface area (Å²) in [6.07, 6.45) is 1.68. The molecule has 1 aromatic rings. The monoisotopic (exact) mass is 323 g/mol. The molecular weight excluding hydrogens is 306 g/mol. The summed E-state index contributed by atoms with van der Waals surface area (Å²) in [5.74, 6) is 1.06. The van der Waals surface area contributed by atoms with E-state index in [1.807, 2.05) is 5.38 Å². The van der Waals surface area contributed by atoms with Crippen LogP contribution in [0, 0.1) is 5.92 Å². The minimum absolute atomic E-state index is 0.321. The topological polar surface area (TPSA) is 53.5 Å². The van der Waals surface area contributed by atoms with Crippen LogP contribution in [-0.2, 0) is 16.8 Å². The van der Waals surface area contributed by atoms with Gasteiger partial charge in [0.1, 0.15) is 0 Å². The van der Waals surface area contributed by atoms with Gasteiger partial charge in [0, 0.05) is 31.4 Å². The third kappa shape index (κ3) is 3.66. The zero-order valence-electron chi connectivity index (χ0n) is 10.8. The molecule has 2 heterocycles. The van der Waals surface area contributed by atoms with Gasteiger partial charge in [-0.05, 0) is 18.8 Å². The van der Waals surface area contributed by atoms with Gasteiger partial charge in [-0.1, -0.05) is 0 Å². The molecule has 1 aliphatic rings. The van der Waals surface area contributed by atoms with Crippen LogP contribution in [0.2, 0.25) is 0 Å². The number of piperidine rings is 1. The summed E-state index contributed by atoms with van der Waals surface area (Å²) in [5, 5.41) is 1.87. The fourth-order valence-electron chi connectivity index (χ4n) is 2.12. The van der Waals surface area contributed by atoms with E-state index in [9.17, 15) is 8.42 Å². The maximum atomic E-state index is 12.4. The van der Waals surface area contributed by atoms with E-state index in [0.717, 1.165) is 18.5 Å². The van der Waals surface area contributed by atoms with E-state index >= 15 is 0 Å². The third-order valence-corrected chi connectivity index (χ3v) is 6.39. The Morgan fingerprint density at radius 1 is 1.53 bits per heavy atom. The summed E-state index contributed by atoms with van der Waals surface area (Å²) in [5.41, 5.74) is 2.49. The van der Waals surface area contributed by atoms with Gasteiger partial charge in [0.25, 0.3) is 10.2 Å². The van der Waals surface area contributed by atoms with Gasteiger partial charge in [0.15, 0.2) is 0 Å². The van der Waals surface area contributed by atoms with E-state index < -0.39 is 10.2 Å². The van der Waals surface area contributed by atoms with Gasteiger partial charge in [-0.15, -0.1) is 22.9 Å². The Labute approximate surface area is 123 Å². The van der Waals surface area contributed by atoms with Gasteiger partial charge >= 0.3 is 0 Å². The lowest BCUT2D eigenvalue weighted by atomic mass is 10.0. The lowest BCUT2D eigenvalue weighted by molar-refractivity contribution is 0.271. The number of rotatable bonds is 5. The van der Waals surface area contributed by atoms with Crippen LogP contribution in [-0.4, -0.2) is 48.0 Å². The lowest BCUT2D eigenvalue weighted by Crippen LogP contribution is -2.45. The number of alkyl halides is 1. The molecule has 0 N–H and O–H groups in total. The summed E-state index contributed by atoms with van der Waals surface area (Å²) in [4.78, 5) is 4.12. The van der Waals surface area contributed by atoms with E-state index in [1.165, 1.54) is 15.6 Å². The Bertz CT molecular complexity index is 484. The van der Waals surface area contributed by atoms with Crippen LogP contribution in [0.1, 0.15) is 18.5 Å². The van der Waals surface area contributed by atoms with Crippen molar-refractivity contribution in [2.24, 2.45) is 5.92 Å². The molecule has 19 heavy (non-hydrogen) atoms. The first-order valence-electron chi connectivity index (χ1n) is 6.18. The number of aromatic nitrogens is 1. The second-order valence-corrected chi connectivity index (χ2v) is 7.80. The first kappa shape index (κ1) is 15.2. The Hall–Kier alpha value is -0.210. The molecule has 0 radical (unpaired) electrons. The molecule has 8 heteroatoms. The molecule has 0 aromatic carbocycles. The highest BCUT2D eigenvalue weighted by Crippen LogP contribution is 2.22. The summed E-state index contributed by atoms with van der Waals surface area (Å²) >= 11 is 7.28. The molecular formula is C11H18ClN3O2S2. The Kier molecular flexibility index (Phi) is 5.19. The fraction of sp³-hybridized carbons (Fsp3) is 0.727.